The van der Waals surface area contributed by atoms with Gasteiger partial charge < -0.3 is 14.6 Å². The SMILES string of the molecule is CCCNC(C)c1c(F)cccc1N(C)Cc1ccco1. The lowest BCUT2D eigenvalue weighted by atomic mass is 10.0. The molecular formula is C17H23FN2O. The zero-order chi connectivity index (χ0) is 15.2. The van der Waals surface area contributed by atoms with Gasteiger partial charge in [0.25, 0.3) is 0 Å². The molecule has 0 bridgehead atoms. The molecule has 21 heavy (non-hydrogen) atoms. The maximum atomic E-state index is 14.3. The smallest absolute Gasteiger partial charge is 0.130 e. The van der Waals surface area contributed by atoms with Crippen molar-refractivity contribution >= 4 is 5.69 Å². The lowest BCUT2D eigenvalue weighted by molar-refractivity contribution is 0.503. The van der Waals surface area contributed by atoms with E-state index in [1.807, 2.05) is 37.1 Å². The predicted molar refractivity (Wildman–Crippen MR) is 83.9 cm³/mol. The van der Waals surface area contributed by atoms with Gasteiger partial charge in [-0.1, -0.05) is 13.0 Å². The van der Waals surface area contributed by atoms with Gasteiger partial charge >= 0.3 is 0 Å². The van der Waals surface area contributed by atoms with Crippen LogP contribution >= 0.6 is 0 Å². The quantitative estimate of drug-likeness (QED) is 0.831. The highest BCUT2D eigenvalue weighted by Crippen LogP contribution is 2.29. The molecule has 0 fully saturated rings. The Hall–Kier alpha value is -1.81. The molecule has 1 aromatic heterocycles. The molecule has 0 aliphatic rings. The molecule has 0 aliphatic carbocycles. The molecule has 1 aromatic carbocycles. The fourth-order valence-corrected chi connectivity index (χ4v) is 2.47. The van der Waals surface area contributed by atoms with Crippen molar-refractivity contribution < 1.29 is 8.81 Å². The molecule has 1 heterocycles. The van der Waals surface area contributed by atoms with Gasteiger partial charge in [0.2, 0.25) is 0 Å². The number of furan rings is 1. The van der Waals surface area contributed by atoms with Crippen molar-refractivity contribution in [3.05, 3.63) is 53.7 Å². The van der Waals surface area contributed by atoms with Crippen LogP contribution in [0.15, 0.2) is 41.0 Å². The van der Waals surface area contributed by atoms with Crippen LogP contribution in [0.4, 0.5) is 10.1 Å². The van der Waals surface area contributed by atoms with Crippen molar-refractivity contribution in [2.24, 2.45) is 0 Å². The summed E-state index contributed by atoms with van der Waals surface area (Å²) in [6.07, 6.45) is 2.68. The lowest BCUT2D eigenvalue weighted by Gasteiger charge is -2.25. The molecule has 1 unspecified atom stereocenters. The third-order valence-corrected chi connectivity index (χ3v) is 3.55. The highest BCUT2D eigenvalue weighted by molar-refractivity contribution is 5.55. The van der Waals surface area contributed by atoms with E-state index in [1.54, 1.807) is 12.3 Å². The van der Waals surface area contributed by atoms with E-state index in [0.717, 1.165) is 24.4 Å². The summed E-state index contributed by atoms with van der Waals surface area (Å²) in [4.78, 5) is 2.02. The van der Waals surface area contributed by atoms with Gasteiger partial charge in [-0.05, 0) is 44.2 Å². The second-order valence-electron chi connectivity index (χ2n) is 5.28. The predicted octanol–water partition coefficient (Wildman–Crippen LogP) is 4.12. The molecule has 2 rings (SSSR count). The summed E-state index contributed by atoms with van der Waals surface area (Å²) >= 11 is 0. The molecule has 0 saturated heterocycles. The molecule has 114 valence electrons. The summed E-state index contributed by atoms with van der Waals surface area (Å²) in [6, 6.07) is 8.98. The highest BCUT2D eigenvalue weighted by atomic mass is 19.1. The van der Waals surface area contributed by atoms with Gasteiger partial charge in [-0.2, -0.15) is 0 Å². The van der Waals surface area contributed by atoms with E-state index in [2.05, 4.69) is 12.2 Å². The zero-order valence-electron chi connectivity index (χ0n) is 12.9. The van der Waals surface area contributed by atoms with Crippen LogP contribution in [0.3, 0.4) is 0 Å². The van der Waals surface area contributed by atoms with E-state index in [-0.39, 0.29) is 11.9 Å². The average Bonchev–Trinajstić information content (AvgIpc) is 2.97. The maximum absolute atomic E-state index is 14.3. The Morgan fingerprint density at radius 2 is 2.10 bits per heavy atom. The van der Waals surface area contributed by atoms with Crippen LogP contribution in [0.25, 0.3) is 0 Å². The maximum Gasteiger partial charge on any atom is 0.130 e. The first-order valence-electron chi connectivity index (χ1n) is 7.38. The second-order valence-corrected chi connectivity index (χ2v) is 5.28. The van der Waals surface area contributed by atoms with Gasteiger partial charge in [0.15, 0.2) is 0 Å². The Morgan fingerprint density at radius 3 is 2.76 bits per heavy atom. The minimum Gasteiger partial charge on any atom is -0.467 e. The van der Waals surface area contributed by atoms with Crippen molar-refractivity contribution in [3.8, 4) is 0 Å². The Morgan fingerprint density at radius 1 is 1.29 bits per heavy atom. The van der Waals surface area contributed by atoms with Crippen LogP contribution in [0.2, 0.25) is 0 Å². The van der Waals surface area contributed by atoms with E-state index in [9.17, 15) is 4.39 Å². The number of halogens is 1. The lowest BCUT2D eigenvalue weighted by Crippen LogP contribution is -2.25. The third kappa shape index (κ3) is 3.85. The van der Waals surface area contributed by atoms with E-state index >= 15 is 0 Å². The van der Waals surface area contributed by atoms with Crippen molar-refractivity contribution in [3.63, 3.8) is 0 Å². The van der Waals surface area contributed by atoms with Crippen LogP contribution in [0, 0.1) is 5.82 Å². The van der Waals surface area contributed by atoms with Crippen molar-refractivity contribution in [2.75, 3.05) is 18.5 Å². The summed E-state index contributed by atoms with van der Waals surface area (Å²) < 4.78 is 19.6. The standard InChI is InChI=1S/C17H23FN2O/c1-4-10-19-13(2)17-15(18)8-5-9-16(17)20(3)12-14-7-6-11-21-14/h5-9,11,13,19H,4,10,12H2,1-3H3. The van der Waals surface area contributed by atoms with E-state index in [4.69, 9.17) is 4.42 Å². The van der Waals surface area contributed by atoms with Crippen LogP contribution < -0.4 is 10.2 Å². The first-order valence-corrected chi connectivity index (χ1v) is 7.38. The van der Waals surface area contributed by atoms with Gasteiger partial charge in [-0.3, -0.25) is 0 Å². The van der Waals surface area contributed by atoms with Crippen LogP contribution in [-0.4, -0.2) is 13.6 Å². The number of nitrogens with one attached hydrogen (secondary N) is 1. The molecule has 0 saturated carbocycles. The fourth-order valence-electron chi connectivity index (χ4n) is 2.47. The number of benzene rings is 1. The summed E-state index contributed by atoms with van der Waals surface area (Å²) in [5.74, 6) is 0.691. The molecule has 0 amide bonds. The Labute approximate surface area is 125 Å². The fraction of sp³-hybridized carbons (Fsp3) is 0.412. The molecular weight excluding hydrogens is 267 g/mol. The van der Waals surface area contributed by atoms with Gasteiger partial charge in [0.1, 0.15) is 11.6 Å². The van der Waals surface area contributed by atoms with E-state index < -0.39 is 0 Å². The van der Waals surface area contributed by atoms with Crippen LogP contribution in [-0.2, 0) is 6.54 Å². The molecule has 1 N–H and O–H groups in total. The van der Waals surface area contributed by atoms with Crippen LogP contribution in [0.1, 0.15) is 37.6 Å². The largest absolute Gasteiger partial charge is 0.467 e. The van der Waals surface area contributed by atoms with Crippen LogP contribution in [0.5, 0.6) is 0 Å². The Bertz CT molecular complexity index is 554. The number of anilines is 1. The van der Waals surface area contributed by atoms with Gasteiger partial charge in [0.05, 0.1) is 12.8 Å². The number of hydrogen-bond acceptors (Lipinski definition) is 3. The van der Waals surface area contributed by atoms with E-state index in [1.165, 1.54) is 6.07 Å². The minimum absolute atomic E-state index is 0.0276. The monoisotopic (exact) mass is 290 g/mol. The first kappa shape index (κ1) is 15.6. The average molecular weight is 290 g/mol. The number of rotatable bonds is 7. The molecule has 4 heteroatoms. The molecule has 0 radical (unpaired) electrons. The third-order valence-electron chi connectivity index (χ3n) is 3.55. The molecule has 2 aromatic rings. The van der Waals surface area contributed by atoms with Crippen molar-refractivity contribution in [1.29, 1.82) is 0 Å². The molecule has 3 nitrogen and oxygen atoms in total. The second kappa shape index (κ2) is 7.27. The Balaban J connectivity index is 2.23. The first-order chi connectivity index (χ1) is 10.1. The summed E-state index contributed by atoms with van der Waals surface area (Å²) in [7, 11) is 1.95. The van der Waals surface area contributed by atoms with Gasteiger partial charge in [-0.25, -0.2) is 4.39 Å². The Kier molecular flexibility index (Phi) is 5.39. The topological polar surface area (TPSA) is 28.4 Å². The summed E-state index contributed by atoms with van der Waals surface area (Å²) in [5.41, 5.74) is 1.60. The molecule has 0 aliphatic heterocycles. The number of nitrogens with zero attached hydrogens (tertiary/aromatic N) is 1. The molecule has 1 atom stereocenters. The van der Waals surface area contributed by atoms with Gasteiger partial charge in [0, 0.05) is 24.3 Å². The van der Waals surface area contributed by atoms with Gasteiger partial charge in [-0.15, -0.1) is 0 Å². The summed E-state index contributed by atoms with van der Waals surface area (Å²) in [6.45, 7) is 5.59. The minimum atomic E-state index is -0.171. The van der Waals surface area contributed by atoms with E-state index in [0.29, 0.717) is 12.1 Å². The normalized spacial score (nSPS) is 12.4. The van der Waals surface area contributed by atoms with Crippen molar-refractivity contribution in [1.82, 2.24) is 5.32 Å². The highest BCUT2D eigenvalue weighted by Gasteiger charge is 2.18. The van der Waals surface area contributed by atoms with Crippen molar-refractivity contribution in [2.45, 2.75) is 32.9 Å². The number of hydrogen-bond donors (Lipinski definition) is 1. The summed E-state index contributed by atoms with van der Waals surface area (Å²) in [5, 5.41) is 3.35. The zero-order valence-corrected chi connectivity index (χ0v) is 12.9. The molecule has 0 spiro atoms.